The molecule has 0 spiro atoms. The Hall–Kier alpha value is -3.05. The molecule has 0 fully saturated rings. The minimum Gasteiger partial charge on any atom is -0.506 e. The molecule has 2 aromatic carbocycles. The quantitative estimate of drug-likeness (QED) is 0.541. The zero-order chi connectivity index (χ0) is 18.3. The number of aryl methyl sites for hydroxylation is 1. The van der Waals surface area contributed by atoms with Crippen molar-refractivity contribution in [2.24, 2.45) is 0 Å². The summed E-state index contributed by atoms with van der Waals surface area (Å²) in [6, 6.07) is 17.1. The van der Waals surface area contributed by atoms with Gasteiger partial charge in [-0.1, -0.05) is 48.5 Å². The van der Waals surface area contributed by atoms with E-state index in [1.807, 2.05) is 49.4 Å². The van der Waals surface area contributed by atoms with Crippen molar-refractivity contribution in [3.63, 3.8) is 0 Å². The highest BCUT2D eigenvalue weighted by molar-refractivity contribution is 7.19. The van der Waals surface area contributed by atoms with Gasteiger partial charge in [-0.25, -0.2) is 0 Å². The maximum Gasteiger partial charge on any atom is 0.260 e. The van der Waals surface area contributed by atoms with E-state index in [4.69, 9.17) is 4.74 Å². The zero-order valence-electron chi connectivity index (χ0n) is 14.4. The highest BCUT2D eigenvalue weighted by atomic mass is 32.1. The number of thiophene rings is 1. The lowest BCUT2D eigenvalue weighted by Crippen LogP contribution is -2.09. The summed E-state index contributed by atoms with van der Waals surface area (Å²) in [7, 11) is 1.55. The Balaban J connectivity index is 2.10. The lowest BCUT2D eigenvalue weighted by atomic mass is 9.98. The molecular formula is C21H17NO3S. The molecule has 0 aliphatic heterocycles. The molecule has 0 atom stereocenters. The normalized spacial score (nSPS) is 11.0. The van der Waals surface area contributed by atoms with Gasteiger partial charge in [-0.3, -0.25) is 4.79 Å². The average Bonchev–Trinajstić information content (AvgIpc) is 2.98. The Morgan fingerprint density at radius 3 is 2.42 bits per heavy atom. The molecule has 0 unspecified atom stereocenters. The minimum atomic E-state index is -0.333. The summed E-state index contributed by atoms with van der Waals surface area (Å²) in [6.07, 6.45) is 0. The van der Waals surface area contributed by atoms with Crippen molar-refractivity contribution in [3.05, 3.63) is 69.8 Å². The summed E-state index contributed by atoms with van der Waals surface area (Å²) in [6.45, 7) is 1.99. The number of ether oxygens (including phenoxy) is 1. The fourth-order valence-electron chi connectivity index (χ4n) is 3.31. The van der Waals surface area contributed by atoms with Crippen LogP contribution in [0.4, 0.5) is 0 Å². The number of hydrogen-bond acceptors (Lipinski definition) is 4. The number of pyridine rings is 1. The van der Waals surface area contributed by atoms with Crippen LogP contribution in [0.15, 0.2) is 59.4 Å². The number of aromatic hydroxyl groups is 1. The van der Waals surface area contributed by atoms with Gasteiger partial charge in [-0.15, -0.1) is 11.3 Å². The van der Waals surface area contributed by atoms with Gasteiger partial charge in [-0.05, 0) is 18.6 Å². The monoisotopic (exact) mass is 363 g/mol. The van der Waals surface area contributed by atoms with Crippen LogP contribution in [-0.2, 0) is 0 Å². The number of benzene rings is 2. The average molecular weight is 363 g/mol. The lowest BCUT2D eigenvalue weighted by molar-refractivity contribution is 0.415. The summed E-state index contributed by atoms with van der Waals surface area (Å²) in [5.74, 6) is 0.525. The second kappa shape index (κ2) is 6.35. The molecule has 0 aliphatic rings. The molecule has 0 bridgehead atoms. The molecule has 5 heteroatoms. The molecule has 0 saturated heterocycles. The van der Waals surface area contributed by atoms with Gasteiger partial charge in [0.1, 0.15) is 16.3 Å². The SMILES string of the molecule is COc1ccccc1-c1c(O)c2c(-c3ccccc3)c(C)sc2[nH]c1=O. The van der Waals surface area contributed by atoms with E-state index < -0.39 is 0 Å². The number of aromatic amines is 1. The third-order valence-corrected chi connectivity index (χ3v) is 5.47. The van der Waals surface area contributed by atoms with Crippen molar-refractivity contribution < 1.29 is 9.84 Å². The molecule has 2 aromatic heterocycles. The first-order valence-corrected chi connectivity index (χ1v) is 9.00. The largest absolute Gasteiger partial charge is 0.506 e. The van der Waals surface area contributed by atoms with Gasteiger partial charge in [0.15, 0.2) is 0 Å². The predicted octanol–water partition coefficient (Wildman–Crippen LogP) is 4.95. The van der Waals surface area contributed by atoms with Gasteiger partial charge < -0.3 is 14.8 Å². The number of nitrogens with one attached hydrogen (secondary N) is 1. The highest BCUT2D eigenvalue weighted by Crippen LogP contribution is 2.45. The number of rotatable bonds is 3. The number of H-pyrrole nitrogens is 1. The molecular weight excluding hydrogens is 346 g/mol. The second-order valence-electron chi connectivity index (χ2n) is 5.98. The number of methoxy groups -OCH3 is 1. The second-order valence-corrected chi connectivity index (χ2v) is 7.21. The number of aromatic nitrogens is 1. The lowest BCUT2D eigenvalue weighted by Gasteiger charge is -2.11. The van der Waals surface area contributed by atoms with Crippen molar-refractivity contribution in [1.82, 2.24) is 4.98 Å². The smallest absolute Gasteiger partial charge is 0.260 e. The molecule has 4 rings (SSSR count). The first-order valence-electron chi connectivity index (χ1n) is 8.19. The molecule has 2 heterocycles. The van der Waals surface area contributed by atoms with Crippen LogP contribution in [0.5, 0.6) is 11.5 Å². The molecule has 130 valence electrons. The maximum atomic E-state index is 12.7. The van der Waals surface area contributed by atoms with E-state index in [1.165, 1.54) is 11.3 Å². The minimum absolute atomic E-state index is 0.0172. The molecule has 0 amide bonds. The van der Waals surface area contributed by atoms with Crippen molar-refractivity contribution in [3.8, 4) is 33.8 Å². The Bertz CT molecular complexity index is 1160. The van der Waals surface area contributed by atoms with E-state index >= 15 is 0 Å². The Morgan fingerprint density at radius 2 is 1.69 bits per heavy atom. The standard InChI is InChI=1S/C21H17NO3S/c1-12-16(13-8-4-3-5-9-13)18-19(23)17(20(24)22-21(18)26-12)14-10-6-7-11-15(14)25-2/h3-11H,1-2H3,(H2,22,23,24). The van der Waals surface area contributed by atoms with Crippen LogP contribution in [0, 0.1) is 6.92 Å². The van der Waals surface area contributed by atoms with Crippen LogP contribution in [0.3, 0.4) is 0 Å². The summed E-state index contributed by atoms with van der Waals surface area (Å²) < 4.78 is 5.38. The van der Waals surface area contributed by atoms with Crippen LogP contribution in [0.25, 0.3) is 32.5 Å². The zero-order valence-corrected chi connectivity index (χ0v) is 15.2. The fourth-order valence-corrected chi connectivity index (χ4v) is 4.38. The molecule has 0 radical (unpaired) electrons. The molecule has 0 aliphatic carbocycles. The summed E-state index contributed by atoms with van der Waals surface area (Å²) >= 11 is 1.47. The Labute approximate surface area is 154 Å². The first kappa shape index (κ1) is 16.4. The van der Waals surface area contributed by atoms with Gasteiger partial charge >= 0.3 is 0 Å². The van der Waals surface area contributed by atoms with Gasteiger partial charge in [0.05, 0.1) is 18.1 Å². The molecule has 4 nitrogen and oxygen atoms in total. The van der Waals surface area contributed by atoms with E-state index in [1.54, 1.807) is 19.2 Å². The number of hydrogen-bond donors (Lipinski definition) is 2. The number of fused-ring (bicyclic) bond motifs is 1. The first-order chi connectivity index (χ1) is 12.6. The Kier molecular flexibility index (Phi) is 4.01. The van der Waals surface area contributed by atoms with E-state index in [9.17, 15) is 9.90 Å². The van der Waals surface area contributed by atoms with Gasteiger partial charge in [0, 0.05) is 16.0 Å². The van der Waals surface area contributed by atoms with Crippen LogP contribution in [0.1, 0.15) is 4.88 Å². The number of para-hydroxylation sites is 1. The van der Waals surface area contributed by atoms with Crippen molar-refractivity contribution in [1.29, 1.82) is 0 Å². The summed E-state index contributed by atoms with van der Waals surface area (Å²) in [4.78, 5) is 17.3. The topological polar surface area (TPSA) is 62.3 Å². The highest BCUT2D eigenvalue weighted by Gasteiger charge is 2.22. The molecule has 26 heavy (non-hydrogen) atoms. The van der Waals surface area contributed by atoms with E-state index in [0.29, 0.717) is 21.5 Å². The maximum absolute atomic E-state index is 12.7. The third-order valence-electron chi connectivity index (χ3n) is 4.45. The molecule has 0 saturated carbocycles. The van der Waals surface area contributed by atoms with Crippen molar-refractivity contribution >= 4 is 21.6 Å². The molecule has 2 N–H and O–H groups in total. The van der Waals surface area contributed by atoms with Crippen LogP contribution in [0.2, 0.25) is 0 Å². The van der Waals surface area contributed by atoms with Crippen molar-refractivity contribution in [2.75, 3.05) is 7.11 Å². The van der Waals surface area contributed by atoms with Crippen LogP contribution >= 0.6 is 11.3 Å². The fraction of sp³-hybridized carbons (Fsp3) is 0.0952. The molecule has 4 aromatic rings. The summed E-state index contributed by atoms with van der Waals surface area (Å²) in [5, 5.41) is 11.8. The van der Waals surface area contributed by atoms with E-state index in [0.717, 1.165) is 16.0 Å². The third kappa shape index (κ3) is 2.48. The van der Waals surface area contributed by atoms with Crippen molar-refractivity contribution in [2.45, 2.75) is 6.92 Å². The van der Waals surface area contributed by atoms with Gasteiger partial charge in [0.2, 0.25) is 0 Å². The summed E-state index contributed by atoms with van der Waals surface area (Å²) in [5.41, 5.74) is 2.41. The predicted molar refractivity (Wildman–Crippen MR) is 106 cm³/mol. The van der Waals surface area contributed by atoms with E-state index in [-0.39, 0.29) is 16.9 Å². The van der Waals surface area contributed by atoms with Gasteiger partial charge in [-0.2, -0.15) is 0 Å². The van der Waals surface area contributed by atoms with E-state index in [2.05, 4.69) is 4.98 Å². The Morgan fingerprint density at radius 1 is 1.00 bits per heavy atom. The van der Waals surface area contributed by atoms with Crippen LogP contribution in [-0.4, -0.2) is 17.2 Å². The van der Waals surface area contributed by atoms with Crippen LogP contribution < -0.4 is 10.3 Å². The van der Waals surface area contributed by atoms with Gasteiger partial charge in [0.25, 0.3) is 5.56 Å².